The first-order chi connectivity index (χ1) is 17.8. The maximum Gasteiger partial charge on any atom is 0.241 e. The fraction of sp³-hybridized carbons (Fsp3) is 0.296. The highest BCUT2D eigenvalue weighted by Crippen LogP contribution is 2.29. The normalized spacial score (nSPS) is 14.8. The predicted octanol–water partition coefficient (Wildman–Crippen LogP) is 3.08. The number of rotatable bonds is 9. The minimum absolute atomic E-state index is 0.0304. The second-order valence-corrected chi connectivity index (χ2v) is 10.4. The van der Waals surface area contributed by atoms with Crippen molar-refractivity contribution in [3.63, 3.8) is 0 Å². The topological polar surface area (TPSA) is 88.2 Å². The predicted molar refractivity (Wildman–Crippen MR) is 139 cm³/mol. The van der Waals surface area contributed by atoms with Gasteiger partial charge >= 0.3 is 0 Å². The number of anilines is 1. The highest BCUT2D eigenvalue weighted by Gasteiger charge is 2.32. The van der Waals surface area contributed by atoms with Crippen molar-refractivity contribution < 1.29 is 27.1 Å². The average molecular weight is 528 g/mol. The summed E-state index contributed by atoms with van der Waals surface area (Å²) in [4.78, 5) is 17.3. The molecule has 1 fully saturated rings. The molecule has 1 aliphatic heterocycles. The van der Waals surface area contributed by atoms with Gasteiger partial charge in [0.2, 0.25) is 15.9 Å². The first-order valence-electron chi connectivity index (χ1n) is 11.9. The molecule has 0 radical (unpaired) electrons. The van der Waals surface area contributed by atoms with Crippen molar-refractivity contribution in [3.05, 3.63) is 84.2 Å². The molecular formula is C27H30FN3O5S. The molecule has 8 nitrogen and oxygen atoms in total. The highest BCUT2D eigenvalue weighted by molar-refractivity contribution is 7.89. The van der Waals surface area contributed by atoms with E-state index < -0.39 is 16.1 Å². The number of methoxy groups -OCH3 is 2. The van der Waals surface area contributed by atoms with Crippen LogP contribution in [0.25, 0.3) is 0 Å². The van der Waals surface area contributed by atoms with Gasteiger partial charge in [-0.3, -0.25) is 4.79 Å². The Labute approximate surface area is 216 Å². The van der Waals surface area contributed by atoms with Gasteiger partial charge in [0.1, 0.15) is 11.9 Å². The van der Waals surface area contributed by atoms with Crippen molar-refractivity contribution in [2.45, 2.75) is 17.4 Å². The van der Waals surface area contributed by atoms with Crippen molar-refractivity contribution in [3.8, 4) is 11.5 Å². The number of nitrogens with one attached hydrogen (secondary N) is 1. The summed E-state index contributed by atoms with van der Waals surface area (Å²) in [5, 5.41) is 0. The van der Waals surface area contributed by atoms with Crippen LogP contribution < -0.4 is 19.1 Å². The van der Waals surface area contributed by atoms with Gasteiger partial charge in [0, 0.05) is 37.9 Å². The molecule has 0 saturated carbocycles. The average Bonchev–Trinajstić information content (AvgIpc) is 2.93. The van der Waals surface area contributed by atoms with Crippen molar-refractivity contribution in [1.29, 1.82) is 0 Å². The number of piperazine rings is 1. The Balaban J connectivity index is 1.53. The van der Waals surface area contributed by atoms with Crippen LogP contribution in [0.2, 0.25) is 0 Å². The van der Waals surface area contributed by atoms with Crippen LogP contribution >= 0.6 is 0 Å². The second kappa shape index (κ2) is 11.6. The maximum atomic E-state index is 13.6. The summed E-state index contributed by atoms with van der Waals surface area (Å²) in [6.07, 6.45) is 0.199. The van der Waals surface area contributed by atoms with Crippen LogP contribution in [0.4, 0.5) is 10.1 Å². The Hall–Kier alpha value is -3.63. The summed E-state index contributed by atoms with van der Waals surface area (Å²) < 4.78 is 53.0. The third-order valence-electron chi connectivity index (χ3n) is 6.33. The van der Waals surface area contributed by atoms with Gasteiger partial charge in [-0.25, -0.2) is 12.8 Å². The SMILES string of the molecule is COc1ccc(S(=O)(=O)N[C@H](Cc2ccccc2)C(=O)N2CCN(c3ccc(F)cc3)CC2)cc1OC. The van der Waals surface area contributed by atoms with Crippen LogP contribution in [0, 0.1) is 5.82 Å². The molecule has 1 saturated heterocycles. The Morgan fingerprint density at radius 3 is 2.19 bits per heavy atom. The smallest absolute Gasteiger partial charge is 0.241 e. The molecule has 4 rings (SSSR count). The zero-order valence-electron chi connectivity index (χ0n) is 20.8. The largest absolute Gasteiger partial charge is 0.493 e. The number of nitrogens with zero attached hydrogens (tertiary/aromatic N) is 2. The zero-order valence-corrected chi connectivity index (χ0v) is 21.6. The monoisotopic (exact) mass is 527 g/mol. The van der Waals surface area contributed by atoms with E-state index in [1.54, 1.807) is 17.0 Å². The van der Waals surface area contributed by atoms with Gasteiger partial charge in [0.25, 0.3) is 0 Å². The first kappa shape index (κ1) is 26.4. The molecule has 1 aliphatic rings. The summed E-state index contributed by atoms with van der Waals surface area (Å²) in [6.45, 7) is 1.94. The van der Waals surface area contributed by atoms with E-state index >= 15 is 0 Å². The second-order valence-electron chi connectivity index (χ2n) is 8.67. The van der Waals surface area contributed by atoms with Gasteiger partial charge < -0.3 is 19.3 Å². The Morgan fingerprint density at radius 1 is 0.919 bits per heavy atom. The molecule has 0 aromatic heterocycles. The van der Waals surface area contributed by atoms with Gasteiger partial charge in [-0.05, 0) is 48.4 Å². The van der Waals surface area contributed by atoms with Crippen molar-refractivity contribution in [1.82, 2.24) is 9.62 Å². The van der Waals surface area contributed by atoms with Crippen LogP contribution in [0.15, 0.2) is 77.7 Å². The number of benzene rings is 3. The van der Waals surface area contributed by atoms with Gasteiger partial charge in [0.15, 0.2) is 11.5 Å². The minimum atomic E-state index is -4.06. The number of carbonyl (C=O) groups is 1. The van der Waals surface area contributed by atoms with Crippen molar-refractivity contribution in [2.75, 3.05) is 45.3 Å². The van der Waals surface area contributed by atoms with Crippen LogP contribution in [0.3, 0.4) is 0 Å². The lowest BCUT2D eigenvalue weighted by atomic mass is 10.1. The van der Waals surface area contributed by atoms with Gasteiger partial charge in [-0.2, -0.15) is 4.72 Å². The number of carbonyl (C=O) groups excluding carboxylic acids is 1. The van der Waals surface area contributed by atoms with Gasteiger partial charge in [0.05, 0.1) is 19.1 Å². The van der Waals surface area contributed by atoms with Crippen LogP contribution in [0.1, 0.15) is 5.56 Å². The molecule has 1 N–H and O–H groups in total. The molecule has 0 unspecified atom stereocenters. The summed E-state index contributed by atoms with van der Waals surface area (Å²) in [6, 6.07) is 18.8. The van der Waals surface area contributed by atoms with E-state index in [2.05, 4.69) is 9.62 Å². The lowest BCUT2D eigenvalue weighted by Gasteiger charge is -2.37. The number of hydrogen-bond donors (Lipinski definition) is 1. The van der Waals surface area contributed by atoms with E-state index in [0.29, 0.717) is 31.9 Å². The van der Waals surface area contributed by atoms with E-state index in [1.807, 2.05) is 30.3 Å². The molecule has 3 aromatic rings. The molecule has 0 bridgehead atoms. The molecule has 0 aliphatic carbocycles. The van der Waals surface area contributed by atoms with E-state index in [-0.39, 0.29) is 28.8 Å². The van der Waals surface area contributed by atoms with Crippen LogP contribution in [0.5, 0.6) is 11.5 Å². The fourth-order valence-electron chi connectivity index (χ4n) is 4.33. The summed E-state index contributed by atoms with van der Waals surface area (Å²) in [5.41, 5.74) is 1.71. The molecule has 0 spiro atoms. The number of halogens is 1. The summed E-state index contributed by atoms with van der Waals surface area (Å²) >= 11 is 0. The van der Waals surface area contributed by atoms with Crippen LogP contribution in [-0.2, 0) is 21.2 Å². The summed E-state index contributed by atoms with van der Waals surface area (Å²) in [5.74, 6) is 0.0698. The molecule has 3 aromatic carbocycles. The fourth-order valence-corrected chi connectivity index (χ4v) is 5.53. The Morgan fingerprint density at radius 2 is 1.57 bits per heavy atom. The first-order valence-corrected chi connectivity index (χ1v) is 13.4. The standard InChI is InChI=1S/C27H30FN3O5S/c1-35-25-13-12-23(19-26(25)36-2)37(33,34)29-24(18-20-6-4-3-5-7-20)27(32)31-16-14-30(15-17-31)22-10-8-21(28)9-11-22/h3-13,19,24,29H,14-18H2,1-2H3/t24-/m1/s1. The van der Waals surface area contributed by atoms with E-state index in [9.17, 15) is 17.6 Å². The van der Waals surface area contributed by atoms with E-state index in [0.717, 1.165) is 11.3 Å². The quantitative estimate of drug-likeness (QED) is 0.460. The van der Waals surface area contributed by atoms with Crippen molar-refractivity contribution >= 4 is 21.6 Å². The maximum absolute atomic E-state index is 13.6. The molecular weight excluding hydrogens is 497 g/mol. The molecule has 10 heteroatoms. The summed E-state index contributed by atoms with van der Waals surface area (Å²) in [7, 11) is -1.17. The third kappa shape index (κ3) is 6.39. The molecule has 1 amide bonds. The molecule has 196 valence electrons. The lowest BCUT2D eigenvalue weighted by molar-refractivity contribution is -0.133. The Bertz CT molecular complexity index is 1310. The van der Waals surface area contributed by atoms with Crippen LogP contribution in [-0.4, -0.2) is 65.7 Å². The number of ether oxygens (including phenoxy) is 2. The molecule has 1 atom stereocenters. The minimum Gasteiger partial charge on any atom is -0.493 e. The van der Waals surface area contributed by atoms with Gasteiger partial charge in [-0.15, -0.1) is 0 Å². The van der Waals surface area contributed by atoms with E-state index in [1.165, 1.54) is 44.6 Å². The number of amides is 1. The third-order valence-corrected chi connectivity index (χ3v) is 7.80. The number of hydrogen-bond acceptors (Lipinski definition) is 6. The van der Waals surface area contributed by atoms with Gasteiger partial charge in [-0.1, -0.05) is 30.3 Å². The lowest BCUT2D eigenvalue weighted by Crippen LogP contribution is -2.55. The zero-order chi connectivity index (χ0) is 26.4. The number of sulfonamides is 1. The Kier molecular flexibility index (Phi) is 8.30. The van der Waals surface area contributed by atoms with E-state index in [4.69, 9.17) is 9.47 Å². The van der Waals surface area contributed by atoms with Crippen molar-refractivity contribution in [2.24, 2.45) is 0 Å². The highest BCUT2D eigenvalue weighted by atomic mass is 32.2. The molecule has 1 heterocycles. The molecule has 37 heavy (non-hydrogen) atoms.